The maximum atomic E-state index is 13.6. The zero-order chi connectivity index (χ0) is 28.3. The van der Waals surface area contributed by atoms with Gasteiger partial charge in [-0.05, 0) is 97.6 Å². The quantitative estimate of drug-likeness (QED) is 0.248. The van der Waals surface area contributed by atoms with Gasteiger partial charge in [0.25, 0.3) is 0 Å². The van der Waals surface area contributed by atoms with E-state index in [0.717, 1.165) is 69.9 Å². The van der Waals surface area contributed by atoms with Crippen molar-refractivity contribution in [2.75, 3.05) is 5.75 Å². The molecule has 4 nitrogen and oxygen atoms in total. The maximum Gasteiger partial charge on any atom is 1.00 e. The first-order valence-corrected chi connectivity index (χ1v) is 15.4. The number of carbonyl (C=O) groups is 1. The Morgan fingerprint density at radius 3 is 2.66 bits per heavy atom. The van der Waals surface area contributed by atoms with Crippen LogP contribution in [0.25, 0.3) is 22.4 Å². The van der Waals surface area contributed by atoms with E-state index in [9.17, 15) is 19.4 Å². The molecule has 0 amide bonds. The summed E-state index contributed by atoms with van der Waals surface area (Å²) in [4.78, 5) is 15.9. The molecule has 1 saturated carbocycles. The van der Waals surface area contributed by atoms with Crippen LogP contribution in [0, 0.1) is 10.5 Å². The number of aliphatic carboxylic acids is 1. The van der Waals surface area contributed by atoms with Crippen LogP contribution in [-0.2, 0) is 16.8 Å². The van der Waals surface area contributed by atoms with Crippen molar-refractivity contribution in [3.8, 4) is 0 Å². The molecular weight excluding hydrogens is 564 g/mol. The summed E-state index contributed by atoms with van der Waals surface area (Å²) < 4.78 is 14.4. The molecule has 4 aromatic rings. The molecule has 41 heavy (non-hydrogen) atoms. The van der Waals surface area contributed by atoms with E-state index in [0.29, 0.717) is 5.52 Å². The van der Waals surface area contributed by atoms with Gasteiger partial charge in [0.1, 0.15) is 0 Å². The van der Waals surface area contributed by atoms with Crippen LogP contribution in [0.4, 0.5) is 4.39 Å². The van der Waals surface area contributed by atoms with E-state index in [1.54, 1.807) is 0 Å². The number of thiophene rings is 1. The first-order valence-electron chi connectivity index (χ1n) is 13.6. The average molecular weight is 598 g/mol. The number of pyridine rings is 1. The van der Waals surface area contributed by atoms with Crippen molar-refractivity contribution in [2.24, 2.45) is 5.41 Å². The van der Waals surface area contributed by atoms with E-state index >= 15 is 0 Å². The standard InChI is InChI=1S/C33H34FNO3S2.Na/c1-32(2,38)26-9-4-3-7-23(26)11-14-28(39-21-33(16-17-33)20-31(36)37)24-8-5-6-22(18-24)10-12-25-13-15-29-27(35-25)19-30(34)40-29;/h3-10,12-13,15,18-19,28,38H,11,14,16-17,20-21H2,1-2H3,(H,36,37);/q;+1/p-1/t28-;/m1./s1. The van der Waals surface area contributed by atoms with Crippen LogP contribution in [0.5, 0.6) is 0 Å². The van der Waals surface area contributed by atoms with Gasteiger partial charge in [0.05, 0.1) is 21.5 Å². The predicted octanol–water partition coefficient (Wildman–Crippen LogP) is 4.16. The minimum absolute atomic E-state index is 0. The van der Waals surface area contributed by atoms with Crippen molar-refractivity contribution < 1.29 is 49.0 Å². The molecule has 2 heterocycles. The number of thioether (sulfide) groups is 1. The van der Waals surface area contributed by atoms with Crippen LogP contribution in [-0.4, -0.2) is 21.8 Å². The fourth-order valence-electron chi connectivity index (χ4n) is 5.15. The second kappa shape index (κ2) is 13.5. The normalized spacial score (nSPS) is 15.1. The third kappa shape index (κ3) is 8.53. The molecule has 0 unspecified atom stereocenters. The molecular formula is C33H33FNNaO3S2. The zero-order valence-electron chi connectivity index (χ0n) is 23.7. The van der Waals surface area contributed by atoms with Gasteiger partial charge in [0.2, 0.25) is 0 Å². The van der Waals surface area contributed by atoms with Gasteiger partial charge in [0, 0.05) is 17.3 Å². The second-order valence-electron chi connectivity index (χ2n) is 11.3. The van der Waals surface area contributed by atoms with E-state index in [1.807, 2.05) is 80.2 Å². The Labute approximate surface area is 271 Å². The van der Waals surface area contributed by atoms with E-state index in [1.165, 1.54) is 11.6 Å². The molecule has 0 bridgehead atoms. The molecule has 1 aliphatic rings. The van der Waals surface area contributed by atoms with Crippen molar-refractivity contribution in [3.05, 3.63) is 99.8 Å². The Bertz CT molecular complexity index is 1540. The van der Waals surface area contributed by atoms with Gasteiger partial charge in [-0.2, -0.15) is 16.2 Å². The molecule has 0 radical (unpaired) electrons. The number of aryl methyl sites for hydroxylation is 1. The number of hydrogen-bond acceptors (Lipinski definition) is 6. The van der Waals surface area contributed by atoms with Crippen LogP contribution < -0.4 is 34.7 Å². The Morgan fingerprint density at radius 2 is 1.93 bits per heavy atom. The maximum absolute atomic E-state index is 13.6. The minimum Gasteiger partial charge on any atom is -0.550 e. The average Bonchev–Trinajstić information content (AvgIpc) is 3.56. The molecule has 208 valence electrons. The second-order valence-corrected chi connectivity index (χ2v) is 13.5. The molecule has 0 spiro atoms. The van der Waals surface area contributed by atoms with Crippen molar-refractivity contribution in [1.29, 1.82) is 0 Å². The number of carboxylic acid groups (broad SMARTS) is 1. The summed E-state index contributed by atoms with van der Waals surface area (Å²) >= 11 is 2.91. The summed E-state index contributed by atoms with van der Waals surface area (Å²) in [7, 11) is 0. The predicted molar refractivity (Wildman–Crippen MR) is 161 cm³/mol. The van der Waals surface area contributed by atoms with Crippen molar-refractivity contribution >= 4 is 51.4 Å². The number of benzene rings is 2. The Hall–Kier alpha value is -2.00. The van der Waals surface area contributed by atoms with E-state index in [4.69, 9.17) is 0 Å². The summed E-state index contributed by atoms with van der Waals surface area (Å²) in [5.74, 6) is -0.196. The van der Waals surface area contributed by atoms with Crippen LogP contribution in [0.2, 0.25) is 0 Å². The number of rotatable bonds is 12. The Morgan fingerprint density at radius 1 is 1.15 bits per heavy atom. The first kappa shape index (κ1) is 31.9. The van der Waals surface area contributed by atoms with Crippen molar-refractivity contribution in [1.82, 2.24) is 4.98 Å². The van der Waals surface area contributed by atoms with Gasteiger partial charge in [-0.15, -0.1) is 11.3 Å². The largest absolute Gasteiger partial charge is 1.00 e. The molecule has 1 atom stereocenters. The van der Waals surface area contributed by atoms with E-state index in [2.05, 4.69) is 23.2 Å². The molecule has 0 aliphatic heterocycles. The molecule has 1 N–H and O–H groups in total. The van der Waals surface area contributed by atoms with Gasteiger partial charge in [-0.3, -0.25) is 0 Å². The fraction of sp³-hybridized carbons (Fsp3) is 0.333. The fourth-order valence-corrected chi connectivity index (χ4v) is 7.44. The molecule has 1 aliphatic carbocycles. The van der Waals surface area contributed by atoms with E-state index < -0.39 is 11.6 Å². The molecule has 0 saturated heterocycles. The third-order valence-corrected chi connectivity index (χ3v) is 10.1. The number of carbonyl (C=O) groups excluding carboxylic acids is 1. The van der Waals surface area contributed by atoms with Gasteiger partial charge < -0.3 is 15.0 Å². The van der Waals surface area contributed by atoms with Crippen LogP contribution in [0.1, 0.15) is 72.7 Å². The van der Waals surface area contributed by atoms with Gasteiger partial charge >= 0.3 is 29.6 Å². The zero-order valence-corrected chi connectivity index (χ0v) is 27.4. The third-order valence-electron chi connectivity index (χ3n) is 7.51. The number of halogens is 1. The minimum atomic E-state index is -0.974. The summed E-state index contributed by atoms with van der Waals surface area (Å²) in [6, 6.07) is 21.7. The smallest absolute Gasteiger partial charge is 0.550 e. The first-order chi connectivity index (χ1) is 19.1. The topological polar surface area (TPSA) is 73.2 Å². The summed E-state index contributed by atoms with van der Waals surface area (Å²) in [5, 5.41) is 22.0. The summed E-state index contributed by atoms with van der Waals surface area (Å²) in [6.07, 6.45) is 7.58. The molecule has 8 heteroatoms. The monoisotopic (exact) mass is 597 g/mol. The SMILES string of the molecule is CC(C)(O)c1ccccc1CC[C@@H](SCC1(CC(=O)[O-])CC1)c1cccc(C=Cc2ccc3sc(F)cc3n2)c1.[Na+]. The molecule has 1 fully saturated rings. The number of nitrogens with zero attached hydrogens (tertiary/aromatic N) is 1. The molecule has 2 aromatic heterocycles. The molecule has 5 rings (SSSR count). The number of fused-ring (bicyclic) bond motifs is 1. The summed E-state index contributed by atoms with van der Waals surface area (Å²) in [6.45, 7) is 3.62. The number of hydrogen-bond donors (Lipinski definition) is 1. The summed E-state index contributed by atoms with van der Waals surface area (Å²) in [5.41, 5.74) is 4.61. The molecule has 2 aromatic carbocycles. The van der Waals surface area contributed by atoms with Crippen LogP contribution in [0.15, 0.2) is 66.7 Å². The number of aromatic nitrogens is 1. The van der Waals surface area contributed by atoms with Crippen LogP contribution >= 0.6 is 23.1 Å². The number of aliphatic hydroxyl groups is 1. The van der Waals surface area contributed by atoms with Crippen molar-refractivity contribution in [2.45, 2.75) is 56.8 Å². The van der Waals surface area contributed by atoms with Gasteiger partial charge in [-0.25, -0.2) is 4.98 Å². The number of carboxylic acids is 1. The Balaban J connectivity index is 0.00000387. The Kier molecular flexibility index (Phi) is 10.5. The van der Waals surface area contributed by atoms with Crippen molar-refractivity contribution in [3.63, 3.8) is 0 Å². The van der Waals surface area contributed by atoms with E-state index in [-0.39, 0.29) is 51.8 Å². The van der Waals surface area contributed by atoms with Gasteiger partial charge in [-0.1, -0.05) is 54.6 Å². The van der Waals surface area contributed by atoms with Gasteiger partial charge in [0.15, 0.2) is 5.13 Å². The van der Waals surface area contributed by atoms with Crippen LogP contribution in [0.3, 0.4) is 0 Å².